The Bertz CT molecular complexity index is 210. The lowest BCUT2D eigenvalue weighted by atomic mass is 9.78. The predicted molar refractivity (Wildman–Crippen MR) is 66.4 cm³/mol. The maximum Gasteiger partial charge on any atom is 0.0802 e. The van der Waals surface area contributed by atoms with Gasteiger partial charge >= 0.3 is 0 Å². The van der Waals surface area contributed by atoms with Crippen molar-refractivity contribution in [3.05, 3.63) is 0 Å². The van der Waals surface area contributed by atoms with Gasteiger partial charge in [0.1, 0.15) is 0 Å². The Morgan fingerprint density at radius 2 is 2.00 bits per heavy atom. The van der Waals surface area contributed by atoms with Crippen molar-refractivity contribution >= 4 is 0 Å². The van der Waals surface area contributed by atoms with E-state index in [9.17, 15) is 0 Å². The fraction of sp³-hybridized carbons (Fsp3) is 1.00. The molecule has 0 spiro atoms. The van der Waals surface area contributed by atoms with Crippen LogP contribution in [0.2, 0.25) is 0 Å². The van der Waals surface area contributed by atoms with E-state index in [2.05, 4.69) is 5.32 Å². The fourth-order valence-corrected chi connectivity index (χ4v) is 3.10. The molecule has 3 N–H and O–H groups in total. The maximum absolute atomic E-state index is 5.84. The van der Waals surface area contributed by atoms with Gasteiger partial charge in [0.05, 0.1) is 5.60 Å². The van der Waals surface area contributed by atoms with Gasteiger partial charge in [0.2, 0.25) is 0 Å². The van der Waals surface area contributed by atoms with E-state index in [1.54, 1.807) is 0 Å². The first-order valence-electron chi connectivity index (χ1n) is 6.78. The first kappa shape index (κ1) is 12.3. The average Bonchev–Trinajstić information content (AvgIpc) is 2.29. The Hall–Kier alpha value is -0.120. The highest BCUT2D eigenvalue weighted by Crippen LogP contribution is 2.35. The van der Waals surface area contributed by atoms with E-state index >= 15 is 0 Å². The zero-order valence-electron chi connectivity index (χ0n) is 10.5. The van der Waals surface area contributed by atoms with E-state index in [0.717, 1.165) is 13.1 Å². The Balaban J connectivity index is 1.79. The Labute approximate surface area is 99.1 Å². The predicted octanol–water partition coefficient (Wildman–Crippen LogP) is 1.66. The summed E-state index contributed by atoms with van der Waals surface area (Å²) in [5.74, 6) is 0.683. The molecule has 0 amide bonds. The highest BCUT2D eigenvalue weighted by atomic mass is 16.5. The number of nitrogens with one attached hydrogen (secondary N) is 1. The number of methoxy groups -OCH3 is 1. The highest BCUT2D eigenvalue weighted by Gasteiger charge is 2.37. The Kier molecular flexibility index (Phi) is 4.22. The van der Waals surface area contributed by atoms with E-state index in [0.29, 0.717) is 12.0 Å². The van der Waals surface area contributed by atoms with E-state index in [-0.39, 0.29) is 5.60 Å². The summed E-state index contributed by atoms with van der Waals surface area (Å²) in [4.78, 5) is 0. The Morgan fingerprint density at radius 1 is 1.25 bits per heavy atom. The fourth-order valence-electron chi connectivity index (χ4n) is 3.10. The van der Waals surface area contributed by atoms with Gasteiger partial charge in [0.25, 0.3) is 0 Å². The monoisotopic (exact) mass is 226 g/mol. The van der Waals surface area contributed by atoms with Crippen molar-refractivity contribution in [1.29, 1.82) is 0 Å². The summed E-state index contributed by atoms with van der Waals surface area (Å²) in [6.07, 6.45) is 9.06. The standard InChI is InChI=1S/C13H26N2O/c1-16-13(7-4-8-13)10-15-12-6-3-2-5-11(12)9-14/h11-12,15H,2-10,14H2,1H3. The SMILES string of the molecule is COC1(CNC2CCCCC2CN)CCC1. The molecule has 0 aromatic carbocycles. The molecule has 0 aromatic rings. The smallest absolute Gasteiger partial charge is 0.0802 e. The summed E-state index contributed by atoms with van der Waals surface area (Å²) in [5, 5.41) is 3.71. The molecular weight excluding hydrogens is 200 g/mol. The van der Waals surface area contributed by atoms with Gasteiger partial charge in [-0.25, -0.2) is 0 Å². The van der Waals surface area contributed by atoms with Crippen molar-refractivity contribution in [3.8, 4) is 0 Å². The molecular formula is C13H26N2O. The first-order valence-corrected chi connectivity index (χ1v) is 6.78. The Morgan fingerprint density at radius 3 is 2.56 bits per heavy atom. The summed E-state index contributed by atoms with van der Waals surface area (Å²) < 4.78 is 5.64. The number of hydrogen-bond acceptors (Lipinski definition) is 3. The van der Waals surface area contributed by atoms with Crippen LogP contribution in [0.1, 0.15) is 44.9 Å². The minimum atomic E-state index is 0.149. The van der Waals surface area contributed by atoms with Crippen LogP contribution in [0.3, 0.4) is 0 Å². The summed E-state index contributed by atoms with van der Waals surface area (Å²) in [6.45, 7) is 1.85. The number of hydrogen-bond donors (Lipinski definition) is 2. The molecule has 16 heavy (non-hydrogen) atoms. The molecule has 0 aromatic heterocycles. The van der Waals surface area contributed by atoms with E-state index in [1.165, 1.54) is 44.9 Å². The summed E-state index contributed by atoms with van der Waals surface area (Å²) >= 11 is 0. The number of ether oxygens (including phenoxy) is 1. The molecule has 2 rings (SSSR count). The van der Waals surface area contributed by atoms with Gasteiger partial charge in [-0.05, 0) is 44.6 Å². The van der Waals surface area contributed by atoms with Crippen LogP contribution in [-0.2, 0) is 4.74 Å². The van der Waals surface area contributed by atoms with Gasteiger partial charge in [0.15, 0.2) is 0 Å². The molecule has 0 saturated heterocycles. The molecule has 0 radical (unpaired) electrons. The molecule has 3 heteroatoms. The van der Waals surface area contributed by atoms with Crippen LogP contribution >= 0.6 is 0 Å². The molecule has 2 aliphatic rings. The molecule has 2 fully saturated rings. The average molecular weight is 226 g/mol. The normalized spacial score (nSPS) is 33.4. The lowest BCUT2D eigenvalue weighted by Gasteiger charge is -2.43. The highest BCUT2D eigenvalue weighted by molar-refractivity contribution is 4.93. The second-order valence-electron chi connectivity index (χ2n) is 5.51. The molecule has 2 atom stereocenters. The first-order chi connectivity index (χ1) is 7.79. The molecule has 0 bridgehead atoms. The largest absolute Gasteiger partial charge is 0.377 e. The van der Waals surface area contributed by atoms with Gasteiger partial charge in [-0.3, -0.25) is 0 Å². The number of nitrogens with two attached hydrogens (primary N) is 1. The topological polar surface area (TPSA) is 47.3 Å². The van der Waals surface area contributed by atoms with Crippen molar-refractivity contribution in [2.45, 2.75) is 56.6 Å². The third kappa shape index (κ3) is 2.58. The minimum absolute atomic E-state index is 0.149. The summed E-state index contributed by atoms with van der Waals surface area (Å²) in [7, 11) is 1.85. The molecule has 2 aliphatic carbocycles. The van der Waals surface area contributed by atoms with Crippen LogP contribution in [0.4, 0.5) is 0 Å². The van der Waals surface area contributed by atoms with Crippen molar-refractivity contribution in [3.63, 3.8) is 0 Å². The summed E-state index contributed by atoms with van der Waals surface area (Å²) in [6, 6.07) is 0.631. The third-order valence-electron chi connectivity index (χ3n) is 4.60. The van der Waals surface area contributed by atoms with Gasteiger partial charge < -0.3 is 15.8 Å². The van der Waals surface area contributed by atoms with Gasteiger partial charge in [0, 0.05) is 19.7 Å². The lowest BCUT2D eigenvalue weighted by Crippen LogP contribution is -2.53. The van der Waals surface area contributed by atoms with Crippen LogP contribution in [0.15, 0.2) is 0 Å². The van der Waals surface area contributed by atoms with Crippen LogP contribution < -0.4 is 11.1 Å². The van der Waals surface area contributed by atoms with E-state index in [1.807, 2.05) is 7.11 Å². The molecule has 2 saturated carbocycles. The zero-order chi connectivity index (χ0) is 11.4. The molecule has 3 nitrogen and oxygen atoms in total. The van der Waals surface area contributed by atoms with Crippen molar-refractivity contribution in [2.24, 2.45) is 11.7 Å². The van der Waals surface area contributed by atoms with Crippen molar-refractivity contribution in [2.75, 3.05) is 20.2 Å². The van der Waals surface area contributed by atoms with Gasteiger partial charge in [-0.1, -0.05) is 12.8 Å². The zero-order valence-corrected chi connectivity index (χ0v) is 10.5. The van der Waals surface area contributed by atoms with Crippen molar-refractivity contribution < 1.29 is 4.74 Å². The molecule has 0 heterocycles. The minimum Gasteiger partial charge on any atom is -0.377 e. The summed E-state index contributed by atoms with van der Waals surface area (Å²) in [5.41, 5.74) is 5.99. The maximum atomic E-state index is 5.84. The second kappa shape index (κ2) is 5.48. The molecule has 2 unspecified atom stereocenters. The van der Waals surface area contributed by atoms with E-state index < -0.39 is 0 Å². The van der Waals surface area contributed by atoms with Crippen LogP contribution in [0, 0.1) is 5.92 Å². The lowest BCUT2D eigenvalue weighted by molar-refractivity contribution is -0.0723. The second-order valence-corrected chi connectivity index (χ2v) is 5.51. The third-order valence-corrected chi connectivity index (χ3v) is 4.60. The van der Waals surface area contributed by atoms with Gasteiger partial charge in [-0.15, -0.1) is 0 Å². The number of rotatable bonds is 5. The van der Waals surface area contributed by atoms with E-state index in [4.69, 9.17) is 10.5 Å². The van der Waals surface area contributed by atoms with Crippen molar-refractivity contribution in [1.82, 2.24) is 5.32 Å². The van der Waals surface area contributed by atoms with Gasteiger partial charge in [-0.2, -0.15) is 0 Å². The molecule has 94 valence electrons. The molecule has 0 aliphatic heterocycles. The quantitative estimate of drug-likeness (QED) is 0.749. The van der Waals surface area contributed by atoms with Crippen LogP contribution in [0.5, 0.6) is 0 Å². The van der Waals surface area contributed by atoms with Crippen LogP contribution in [0.25, 0.3) is 0 Å². The van der Waals surface area contributed by atoms with Crippen LogP contribution in [-0.4, -0.2) is 31.8 Å².